The first-order chi connectivity index (χ1) is 6.40. The fourth-order valence-electron chi connectivity index (χ4n) is 1.62. The highest BCUT2D eigenvalue weighted by Gasteiger charge is 2.26. The highest BCUT2D eigenvalue weighted by atomic mass is 16.4. The molecule has 0 radical (unpaired) electrons. The molecule has 0 unspecified atom stereocenters. The summed E-state index contributed by atoms with van der Waals surface area (Å²) in [6.07, 6.45) is 0. The van der Waals surface area contributed by atoms with Gasteiger partial charge in [-0.25, -0.2) is 0 Å². The lowest BCUT2D eigenvalue weighted by Gasteiger charge is -2.29. The van der Waals surface area contributed by atoms with Crippen molar-refractivity contribution in [2.75, 3.05) is 20.6 Å². The standard InChI is InChI=1S/C10H22N2O2/c1-7(2)9(10(13)14)12(5)6-8(3)11-4/h7-9,11H,6H2,1-5H3,(H,13,14)/t8-,9-/m0/s1. The van der Waals surface area contributed by atoms with Crippen LogP contribution in [0.2, 0.25) is 0 Å². The summed E-state index contributed by atoms with van der Waals surface area (Å²) in [6, 6.07) is -0.0913. The third kappa shape index (κ3) is 4.07. The Balaban J connectivity index is 4.29. The third-order valence-electron chi connectivity index (χ3n) is 2.41. The van der Waals surface area contributed by atoms with E-state index in [-0.39, 0.29) is 5.92 Å². The molecule has 4 nitrogen and oxygen atoms in total. The van der Waals surface area contributed by atoms with Gasteiger partial charge in [0.05, 0.1) is 0 Å². The van der Waals surface area contributed by atoms with Crippen LogP contribution in [0.15, 0.2) is 0 Å². The zero-order valence-electron chi connectivity index (χ0n) is 9.74. The van der Waals surface area contributed by atoms with Gasteiger partial charge in [0.2, 0.25) is 0 Å². The Bertz CT molecular complexity index is 183. The van der Waals surface area contributed by atoms with Gasteiger partial charge in [-0.05, 0) is 26.9 Å². The molecule has 0 rings (SSSR count). The van der Waals surface area contributed by atoms with Gasteiger partial charge in [0.25, 0.3) is 0 Å². The SMILES string of the molecule is CN[C@@H](C)CN(C)[C@H](C(=O)O)C(C)C. The fourth-order valence-corrected chi connectivity index (χ4v) is 1.62. The van der Waals surface area contributed by atoms with Gasteiger partial charge < -0.3 is 10.4 Å². The molecule has 0 spiro atoms. The maximum Gasteiger partial charge on any atom is 0.321 e. The lowest BCUT2D eigenvalue weighted by Crippen LogP contribution is -2.47. The average Bonchev–Trinajstić information content (AvgIpc) is 2.02. The van der Waals surface area contributed by atoms with Gasteiger partial charge in [0, 0.05) is 12.6 Å². The molecule has 0 aliphatic carbocycles. The van der Waals surface area contributed by atoms with E-state index in [1.54, 1.807) is 0 Å². The largest absolute Gasteiger partial charge is 0.480 e. The molecule has 0 aromatic carbocycles. The summed E-state index contributed by atoms with van der Waals surface area (Å²) in [5.41, 5.74) is 0. The molecule has 0 bridgehead atoms. The van der Waals surface area contributed by atoms with Crippen LogP contribution in [-0.2, 0) is 4.79 Å². The molecule has 0 heterocycles. The summed E-state index contributed by atoms with van der Waals surface area (Å²) in [5.74, 6) is -0.618. The van der Waals surface area contributed by atoms with E-state index in [4.69, 9.17) is 5.11 Å². The smallest absolute Gasteiger partial charge is 0.321 e. The first-order valence-corrected chi connectivity index (χ1v) is 5.00. The van der Waals surface area contributed by atoms with E-state index in [1.807, 2.05) is 39.8 Å². The normalized spacial score (nSPS) is 15.9. The summed E-state index contributed by atoms with van der Waals surface area (Å²) < 4.78 is 0. The Hall–Kier alpha value is -0.610. The minimum Gasteiger partial charge on any atom is -0.480 e. The van der Waals surface area contributed by atoms with E-state index in [0.29, 0.717) is 6.04 Å². The number of nitrogens with zero attached hydrogens (tertiary/aromatic N) is 1. The van der Waals surface area contributed by atoms with Crippen molar-refractivity contribution < 1.29 is 9.90 Å². The molecule has 2 N–H and O–H groups in total. The Kier molecular flexibility index (Phi) is 5.72. The lowest BCUT2D eigenvalue weighted by atomic mass is 10.0. The van der Waals surface area contributed by atoms with Gasteiger partial charge in [0.15, 0.2) is 0 Å². The number of carbonyl (C=O) groups is 1. The first kappa shape index (κ1) is 13.4. The van der Waals surface area contributed by atoms with E-state index in [2.05, 4.69) is 5.32 Å². The van der Waals surface area contributed by atoms with Crippen molar-refractivity contribution in [3.8, 4) is 0 Å². The van der Waals surface area contributed by atoms with E-state index in [1.165, 1.54) is 0 Å². The molecule has 2 atom stereocenters. The molecule has 0 saturated heterocycles. The second-order valence-electron chi connectivity index (χ2n) is 4.16. The number of hydrogen-bond donors (Lipinski definition) is 2. The van der Waals surface area contributed by atoms with Crippen LogP contribution < -0.4 is 5.32 Å². The van der Waals surface area contributed by atoms with Crippen molar-refractivity contribution in [3.05, 3.63) is 0 Å². The van der Waals surface area contributed by atoms with Crippen LogP contribution in [0.3, 0.4) is 0 Å². The van der Waals surface area contributed by atoms with E-state index >= 15 is 0 Å². The molecular weight excluding hydrogens is 180 g/mol. The minimum absolute atomic E-state index is 0.126. The molecule has 0 aliphatic heterocycles. The highest BCUT2D eigenvalue weighted by molar-refractivity contribution is 5.73. The van der Waals surface area contributed by atoms with Crippen LogP contribution in [0.1, 0.15) is 20.8 Å². The monoisotopic (exact) mass is 202 g/mol. The molecule has 0 aromatic heterocycles. The van der Waals surface area contributed by atoms with Crippen molar-refractivity contribution in [1.82, 2.24) is 10.2 Å². The second-order valence-corrected chi connectivity index (χ2v) is 4.16. The van der Waals surface area contributed by atoms with Crippen molar-refractivity contribution in [2.24, 2.45) is 5.92 Å². The molecule has 4 heteroatoms. The number of nitrogens with one attached hydrogen (secondary N) is 1. The van der Waals surface area contributed by atoms with Gasteiger partial charge in [-0.1, -0.05) is 13.8 Å². The van der Waals surface area contributed by atoms with Crippen LogP contribution in [0.25, 0.3) is 0 Å². The summed E-state index contributed by atoms with van der Waals surface area (Å²) in [6.45, 7) is 6.64. The first-order valence-electron chi connectivity index (χ1n) is 5.00. The number of likely N-dealkylation sites (N-methyl/N-ethyl adjacent to an activating group) is 2. The molecule has 14 heavy (non-hydrogen) atoms. The highest BCUT2D eigenvalue weighted by Crippen LogP contribution is 2.09. The van der Waals surface area contributed by atoms with Crippen molar-refractivity contribution in [1.29, 1.82) is 0 Å². The summed E-state index contributed by atoms with van der Waals surface area (Å²) in [5, 5.41) is 12.1. The molecule has 0 aromatic rings. The summed E-state index contributed by atoms with van der Waals surface area (Å²) in [7, 11) is 3.73. The van der Waals surface area contributed by atoms with Crippen LogP contribution >= 0.6 is 0 Å². The van der Waals surface area contributed by atoms with Gasteiger partial charge in [-0.3, -0.25) is 9.69 Å². The number of aliphatic carboxylic acids is 1. The quantitative estimate of drug-likeness (QED) is 0.663. The number of hydrogen-bond acceptors (Lipinski definition) is 3. The molecule has 0 amide bonds. The van der Waals surface area contributed by atoms with E-state index in [9.17, 15) is 4.79 Å². The topological polar surface area (TPSA) is 52.6 Å². The average molecular weight is 202 g/mol. The van der Waals surface area contributed by atoms with Crippen molar-refractivity contribution in [2.45, 2.75) is 32.9 Å². The van der Waals surface area contributed by atoms with Gasteiger partial charge in [-0.15, -0.1) is 0 Å². The van der Waals surface area contributed by atoms with Crippen LogP contribution in [0, 0.1) is 5.92 Å². The number of rotatable bonds is 6. The van der Waals surface area contributed by atoms with E-state index < -0.39 is 12.0 Å². The Morgan fingerprint density at radius 1 is 1.43 bits per heavy atom. The predicted octanol–water partition coefficient (Wildman–Crippen LogP) is 0.635. The van der Waals surface area contributed by atoms with Gasteiger partial charge >= 0.3 is 5.97 Å². The summed E-state index contributed by atoms with van der Waals surface area (Å²) >= 11 is 0. The maximum absolute atomic E-state index is 11.0. The summed E-state index contributed by atoms with van der Waals surface area (Å²) in [4.78, 5) is 12.9. The lowest BCUT2D eigenvalue weighted by molar-refractivity contribution is -0.144. The molecule has 0 aliphatic rings. The minimum atomic E-state index is -0.745. The molecule has 0 fully saturated rings. The maximum atomic E-state index is 11.0. The van der Waals surface area contributed by atoms with E-state index in [0.717, 1.165) is 6.54 Å². The van der Waals surface area contributed by atoms with Crippen molar-refractivity contribution in [3.63, 3.8) is 0 Å². The van der Waals surface area contributed by atoms with Crippen molar-refractivity contribution >= 4 is 5.97 Å². The Morgan fingerprint density at radius 2 is 1.93 bits per heavy atom. The third-order valence-corrected chi connectivity index (χ3v) is 2.41. The Labute approximate surface area is 86.3 Å². The predicted molar refractivity (Wildman–Crippen MR) is 57.4 cm³/mol. The number of carboxylic acid groups (broad SMARTS) is 1. The van der Waals surface area contributed by atoms with Crippen LogP contribution in [0.4, 0.5) is 0 Å². The zero-order valence-corrected chi connectivity index (χ0v) is 9.74. The molecule has 0 saturated carbocycles. The molecular formula is C10H22N2O2. The second kappa shape index (κ2) is 5.98. The zero-order chi connectivity index (χ0) is 11.3. The number of carboxylic acids is 1. The fraction of sp³-hybridized carbons (Fsp3) is 0.900. The van der Waals surface area contributed by atoms with Gasteiger partial charge in [0.1, 0.15) is 6.04 Å². The Morgan fingerprint density at radius 3 is 2.21 bits per heavy atom. The van der Waals surface area contributed by atoms with Crippen LogP contribution in [0.5, 0.6) is 0 Å². The van der Waals surface area contributed by atoms with Crippen LogP contribution in [-0.4, -0.2) is 48.7 Å². The molecule has 84 valence electrons. The van der Waals surface area contributed by atoms with Gasteiger partial charge in [-0.2, -0.15) is 0 Å².